The van der Waals surface area contributed by atoms with Gasteiger partial charge in [0.1, 0.15) is 0 Å². The number of rotatable bonds is 5. The summed E-state index contributed by atoms with van der Waals surface area (Å²) in [6, 6.07) is 4.93. The highest BCUT2D eigenvalue weighted by Gasteiger charge is 2.24. The van der Waals surface area contributed by atoms with Crippen LogP contribution in [-0.4, -0.2) is 23.4 Å². The van der Waals surface area contributed by atoms with Gasteiger partial charge in [-0.05, 0) is 37.1 Å². The average Bonchev–Trinajstić information content (AvgIpc) is 2.76. The first kappa shape index (κ1) is 14.1. The number of carbonyl (C=O) groups excluding carboxylic acids is 1. The van der Waals surface area contributed by atoms with E-state index in [2.05, 4.69) is 5.16 Å². The first-order valence-electron chi connectivity index (χ1n) is 6.61. The molecule has 0 spiro atoms. The molecule has 0 saturated heterocycles. The Morgan fingerprint density at radius 3 is 2.90 bits per heavy atom. The second-order valence-electron chi connectivity index (χ2n) is 4.38. The number of oxime groups is 1. The number of benzene rings is 1. The lowest BCUT2D eigenvalue weighted by Crippen LogP contribution is -2.05. The molecule has 0 unspecified atom stereocenters. The van der Waals surface area contributed by atoms with E-state index in [-0.39, 0.29) is 5.75 Å². The van der Waals surface area contributed by atoms with Gasteiger partial charge in [-0.1, -0.05) is 24.6 Å². The molecule has 0 saturated carbocycles. The molecule has 0 aromatic heterocycles. The third-order valence-electron chi connectivity index (χ3n) is 2.85. The Balaban J connectivity index is 2.32. The van der Waals surface area contributed by atoms with Crippen molar-refractivity contribution >= 4 is 17.8 Å². The number of aromatic hydroxyl groups is 1. The van der Waals surface area contributed by atoms with Crippen LogP contribution in [0.15, 0.2) is 28.9 Å². The smallest absolute Gasteiger partial charge is 0.367 e. The van der Waals surface area contributed by atoms with Crippen molar-refractivity contribution in [3.63, 3.8) is 0 Å². The minimum absolute atomic E-state index is 0.0745. The maximum absolute atomic E-state index is 11.7. The van der Waals surface area contributed by atoms with E-state index in [1.807, 2.05) is 13.8 Å². The van der Waals surface area contributed by atoms with E-state index in [4.69, 9.17) is 9.57 Å². The summed E-state index contributed by atoms with van der Waals surface area (Å²) in [6.07, 6.45) is 3.27. The van der Waals surface area contributed by atoms with E-state index in [0.717, 1.165) is 12.0 Å². The normalized spacial score (nSPS) is 16.2. The molecule has 1 N–H and O–H groups in total. The third-order valence-corrected chi connectivity index (χ3v) is 2.85. The predicted octanol–water partition coefficient (Wildman–Crippen LogP) is 2.89. The van der Waals surface area contributed by atoms with Crippen LogP contribution in [0.1, 0.15) is 32.3 Å². The molecule has 0 fully saturated rings. The topological polar surface area (TPSA) is 68.1 Å². The van der Waals surface area contributed by atoms with Crippen molar-refractivity contribution in [2.24, 2.45) is 5.16 Å². The molecule has 1 aliphatic heterocycles. The zero-order valence-electron chi connectivity index (χ0n) is 11.5. The van der Waals surface area contributed by atoms with Crippen LogP contribution in [0.2, 0.25) is 0 Å². The van der Waals surface area contributed by atoms with E-state index >= 15 is 0 Å². The number of carbonyl (C=O) groups is 1. The van der Waals surface area contributed by atoms with Gasteiger partial charge in [0.05, 0.1) is 17.9 Å². The van der Waals surface area contributed by atoms with Crippen molar-refractivity contribution in [3.8, 4) is 11.5 Å². The maximum Gasteiger partial charge on any atom is 0.367 e. The van der Waals surface area contributed by atoms with Crippen molar-refractivity contribution in [2.75, 3.05) is 6.61 Å². The lowest BCUT2D eigenvalue weighted by Gasteiger charge is -2.06. The second-order valence-corrected chi connectivity index (χ2v) is 4.38. The van der Waals surface area contributed by atoms with Gasteiger partial charge in [0.2, 0.25) is 0 Å². The first-order valence-corrected chi connectivity index (χ1v) is 6.61. The Bertz CT molecular complexity index is 575. The monoisotopic (exact) mass is 275 g/mol. The van der Waals surface area contributed by atoms with Crippen molar-refractivity contribution in [2.45, 2.75) is 26.7 Å². The van der Waals surface area contributed by atoms with E-state index in [1.165, 1.54) is 6.07 Å². The van der Waals surface area contributed by atoms with Crippen molar-refractivity contribution in [1.82, 2.24) is 0 Å². The minimum atomic E-state index is -0.445. The summed E-state index contributed by atoms with van der Waals surface area (Å²) in [5.41, 5.74) is 1.87. The van der Waals surface area contributed by atoms with Gasteiger partial charge in [-0.3, -0.25) is 0 Å². The van der Waals surface area contributed by atoms with Crippen molar-refractivity contribution in [3.05, 3.63) is 29.3 Å². The fourth-order valence-electron chi connectivity index (χ4n) is 1.93. The van der Waals surface area contributed by atoms with Gasteiger partial charge in [0.25, 0.3) is 0 Å². The predicted molar refractivity (Wildman–Crippen MR) is 75.7 cm³/mol. The second kappa shape index (κ2) is 6.23. The lowest BCUT2D eigenvalue weighted by molar-refractivity contribution is -0.136. The van der Waals surface area contributed by atoms with Crippen molar-refractivity contribution in [1.29, 1.82) is 0 Å². The van der Waals surface area contributed by atoms with Crippen LogP contribution in [0.25, 0.3) is 6.08 Å². The highest BCUT2D eigenvalue weighted by atomic mass is 16.7. The molecule has 5 heteroatoms. The van der Waals surface area contributed by atoms with E-state index in [9.17, 15) is 9.90 Å². The molecule has 20 heavy (non-hydrogen) atoms. The summed E-state index contributed by atoms with van der Waals surface area (Å²) in [5, 5.41) is 13.4. The van der Waals surface area contributed by atoms with Gasteiger partial charge >= 0.3 is 5.97 Å². The largest absolute Gasteiger partial charge is 0.504 e. The Morgan fingerprint density at radius 1 is 1.40 bits per heavy atom. The van der Waals surface area contributed by atoms with Gasteiger partial charge in [-0.25, -0.2) is 4.79 Å². The Labute approximate surface area is 117 Å². The summed E-state index contributed by atoms with van der Waals surface area (Å²) < 4.78 is 5.32. The molecule has 0 amide bonds. The molecule has 0 bridgehead atoms. The van der Waals surface area contributed by atoms with Crippen LogP contribution in [-0.2, 0) is 9.63 Å². The Hall–Kier alpha value is -2.30. The van der Waals surface area contributed by atoms with Gasteiger partial charge in [-0.2, -0.15) is 0 Å². The fraction of sp³-hybridized carbons (Fsp3) is 0.333. The first-order chi connectivity index (χ1) is 9.65. The Morgan fingerprint density at radius 2 is 2.20 bits per heavy atom. The molecule has 106 valence electrons. The molecule has 5 nitrogen and oxygen atoms in total. The Kier molecular flexibility index (Phi) is 4.40. The zero-order valence-corrected chi connectivity index (χ0v) is 11.5. The number of phenols is 1. The summed E-state index contributed by atoms with van der Waals surface area (Å²) >= 11 is 0. The van der Waals surface area contributed by atoms with E-state index in [1.54, 1.807) is 18.2 Å². The minimum Gasteiger partial charge on any atom is -0.504 e. The number of nitrogens with zero attached hydrogens (tertiary/aromatic N) is 1. The van der Waals surface area contributed by atoms with Crippen LogP contribution in [0.4, 0.5) is 0 Å². The molecule has 1 aliphatic rings. The SMILES string of the molecule is CCCC1=NOC(=O)/C1=C\c1ccc(O)c(OCC)c1. The average molecular weight is 275 g/mol. The lowest BCUT2D eigenvalue weighted by atomic mass is 10.0. The molecule has 0 radical (unpaired) electrons. The standard InChI is InChI=1S/C15H17NO4/c1-3-5-12-11(15(18)20-16-12)8-10-6-7-13(17)14(9-10)19-4-2/h6-9,17H,3-5H2,1-2H3/b11-8-. The molecular weight excluding hydrogens is 258 g/mol. The molecule has 1 heterocycles. The van der Waals surface area contributed by atoms with Crippen LogP contribution in [0.5, 0.6) is 11.5 Å². The molecular formula is C15H17NO4. The number of ether oxygens (including phenoxy) is 1. The molecule has 0 aliphatic carbocycles. The van der Waals surface area contributed by atoms with Gasteiger partial charge < -0.3 is 14.7 Å². The highest BCUT2D eigenvalue weighted by molar-refractivity contribution is 6.25. The van der Waals surface area contributed by atoms with E-state index in [0.29, 0.717) is 30.1 Å². The van der Waals surface area contributed by atoms with Crippen molar-refractivity contribution < 1.29 is 19.5 Å². The zero-order chi connectivity index (χ0) is 14.5. The fourth-order valence-corrected chi connectivity index (χ4v) is 1.93. The number of phenolic OH excluding ortho intramolecular Hbond substituents is 1. The summed E-state index contributed by atoms with van der Waals surface area (Å²) in [7, 11) is 0. The maximum atomic E-state index is 11.7. The van der Waals surface area contributed by atoms with E-state index < -0.39 is 5.97 Å². The quantitative estimate of drug-likeness (QED) is 0.662. The molecule has 0 atom stereocenters. The van der Waals surface area contributed by atoms with Crippen LogP contribution >= 0.6 is 0 Å². The van der Waals surface area contributed by atoms with Gasteiger partial charge in [-0.15, -0.1) is 0 Å². The number of hydrogen-bond acceptors (Lipinski definition) is 5. The summed E-state index contributed by atoms with van der Waals surface area (Å²) in [5.74, 6) is 0.0205. The van der Waals surface area contributed by atoms with Crippen LogP contribution in [0.3, 0.4) is 0 Å². The highest BCUT2D eigenvalue weighted by Crippen LogP contribution is 2.28. The van der Waals surface area contributed by atoms with Crippen LogP contribution < -0.4 is 4.74 Å². The summed E-state index contributed by atoms with van der Waals surface area (Å²) in [6.45, 7) is 4.31. The van der Waals surface area contributed by atoms with Gasteiger partial charge in [0.15, 0.2) is 11.5 Å². The van der Waals surface area contributed by atoms with Crippen LogP contribution in [0, 0.1) is 0 Å². The van der Waals surface area contributed by atoms with Gasteiger partial charge in [0, 0.05) is 0 Å². The molecule has 1 aromatic carbocycles. The summed E-state index contributed by atoms with van der Waals surface area (Å²) in [4.78, 5) is 16.4. The third kappa shape index (κ3) is 2.99. The number of hydrogen-bond donors (Lipinski definition) is 1. The molecule has 2 rings (SSSR count). The molecule has 1 aromatic rings.